The summed E-state index contributed by atoms with van der Waals surface area (Å²) in [5.74, 6) is 0.709. The second-order valence-electron chi connectivity index (χ2n) is 7.74. The number of aryl methyl sites for hydroxylation is 2. The fourth-order valence-corrected chi connectivity index (χ4v) is 3.04. The van der Waals surface area contributed by atoms with E-state index in [0.717, 1.165) is 24.6 Å². The Morgan fingerprint density at radius 1 is 1.03 bits per heavy atom. The standard InChI is InChI=1S/C24H35N5O/c1-6-25-24(28-17-22-11-10-18(2)14-19(22)3)27-16-20-8-7-9-21(15-20)23(30)26-12-13-29(4)5/h7-11,14-15H,6,12-13,16-17H2,1-5H3,(H,26,30)(H2,25,27,28). The van der Waals surface area contributed by atoms with E-state index in [1.807, 2.05) is 50.2 Å². The summed E-state index contributed by atoms with van der Waals surface area (Å²) in [6.45, 7) is 9.72. The van der Waals surface area contributed by atoms with Crippen molar-refractivity contribution in [3.63, 3.8) is 0 Å². The normalized spacial score (nSPS) is 11.5. The SMILES string of the molecule is CCNC(=NCc1cccc(C(=O)NCCN(C)C)c1)NCc1ccc(C)cc1C. The molecule has 2 aromatic carbocycles. The van der Waals surface area contributed by atoms with Crippen molar-refractivity contribution in [2.75, 3.05) is 33.7 Å². The first-order valence-electron chi connectivity index (χ1n) is 10.5. The Bertz CT molecular complexity index is 860. The van der Waals surface area contributed by atoms with Crippen LogP contribution in [-0.4, -0.2) is 50.5 Å². The molecule has 0 saturated carbocycles. The number of likely N-dealkylation sites (N-methyl/N-ethyl adjacent to an activating group) is 1. The number of amides is 1. The van der Waals surface area contributed by atoms with Gasteiger partial charge in [-0.1, -0.05) is 35.9 Å². The van der Waals surface area contributed by atoms with Crippen molar-refractivity contribution >= 4 is 11.9 Å². The molecule has 0 aliphatic carbocycles. The Morgan fingerprint density at radius 2 is 1.83 bits per heavy atom. The molecule has 6 heteroatoms. The van der Waals surface area contributed by atoms with Gasteiger partial charge < -0.3 is 20.9 Å². The molecule has 0 unspecified atom stereocenters. The molecule has 2 rings (SSSR count). The average Bonchev–Trinajstić information content (AvgIpc) is 2.71. The van der Waals surface area contributed by atoms with E-state index in [2.05, 4.69) is 53.0 Å². The third kappa shape index (κ3) is 7.87. The molecular weight excluding hydrogens is 374 g/mol. The van der Waals surface area contributed by atoms with Gasteiger partial charge in [-0.25, -0.2) is 4.99 Å². The molecule has 0 aromatic heterocycles. The van der Waals surface area contributed by atoms with Crippen molar-refractivity contribution in [1.82, 2.24) is 20.9 Å². The van der Waals surface area contributed by atoms with Crippen LogP contribution in [0.5, 0.6) is 0 Å². The van der Waals surface area contributed by atoms with Gasteiger partial charge >= 0.3 is 0 Å². The summed E-state index contributed by atoms with van der Waals surface area (Å²) in [5.41, 5.74) is 5.45. The minimum absolute atomic E-state index is 0.0532. The summed E-state index contributed by atoms with van der Waals surface area (Å²) in [5, 5.41) is 9.63. The van der Waals surface area contributed by atoms with Crippen LogP contribution in [0.1, 0.15) is 39.5 Å². The van der Waals surface area contributed by atoms with E-state index in [4.69, 9.17) is 0 Å². The molecule has 3 N–H and O–H groups in total. The van der Waals surface area contributed by atoms with E-state index >= 15 is 0 Å². The first-order valence-corrected chi connectivity index (χ1v) is 10.5. The zero-order chi connectivity index (χ0) is 21.9. The topological polar surface area (TPSA) is 68.8 Å². The van der Waals surface area contributed by atoms with Crippen molar-refractivity contribution in [2.45, 2.75) is 33.9 Å². The maximum absolute atomic E-state index is 12.3. The van der Waals surface area contributed by atoms with Crippen LogP contribution in [0.4, 0.5) is 0 Å². The summed E-state index contributed by atoms with van der Waals surface area (Å²) < 4.78 is 0. The average molecular weight is 410 g/mol. The monoisotopic (exact) mass is 409 g/mol. The molecule has 0 aliphatic heterocycles. The molecule has 0 heterocycles. The van der Waals surface area contributed by atoms with Crippen LogP contribution < -0.4 is 16.0 Å². The second kappa shape index (κ2) is 12.0. The molecule has 0 atom stereocenters. The number of rotatable bonds is 9. The number of hydrogen-bond donors (Lipinski definition) is 3. The van der Waals surface area contributed by atoms with Gasteiger partial charge in [-0.15, -0.1) is 0 Å². The molecule has 6 nitrogen and oxygen atoms in total. The number of guanidine groups is 1. The van der Waals surface area contributed by atoms with Gasteiger partial charge in [-0.3, -0.25) is 4.79 Å². The molecule has 0 spiro atoms. The zero-order valence-electron chi connectivity index (χ0n) is 18.9. The van der Waals surface area contributed by atoms with Crippen molar-refractivity contribution < 1.29 is 4.79 Å². The van der Waals surface area contributed by atoms with E-state index in [0.29, 0.717) is 25.2 Å². The van der Waals surface area contributed by atoms with Crippen LogP contribution in [0.15, 0.2) is 47.5 Å². The molecule has 0 radical (unpaired) electrons. The lowest BCUT2D eigenvalue weighted by molar-refractivity contribution is 0.0951. The Morgan fingerprint density at radius 3 is 2.53 bits per heavy atom. The first kappa shape index (κ1) is 23.4. The van der Waals surface area contributed by atoms with Gasteiger partial charge in [0.25, 0.3) is 5.91 Å². The molecule has 162 valence electrons. The fourth-order valence-electron chi connectivity index (χ4n) is 3.04. The highest BCUT2D eigenvalue weighted by atomic mass is 16.1. The summed E-state index contributed by atoms with van der Waals surface area (Å²) in [4.78, 5) is 19.1. The second-order valence-corrected chi connectivity index (χ2v) is 7.74. The van der Waals surface area contributed by atoms with E-state index < -0.39 is 0 Å². The summed E-state index contributed by atoms with van der Waals surface area (Å²) >= 11 is 0. The highest BCUT2D eigenvalue weighted by Crippen LogP contribution is 2.10. The van der Waals surface area contributed by atoms with Crippen LogP contribution in [0.25, 0.3) is 0 Å². The third-order valence-corrected chi connectivity index (χ3v) is 4.74. The molecule has 0 fully saturated rings. The van der Waals surface area contributed by atoms with Gasteiger partial charge in [0.2, 0.25) is 0 Å². The van der Waals surface area contributed by atoms with E-state index in [1.165, 1.54) is 16.7 Å². The Labute approximate surface area is 180 Å². The number of carbonyl (C=O) groups excluding carboxylic acids is 1. The van der Waals surface area contributed by atoms with Crippen LogP contribution in [0.2, 0.25) is 0 Å². The highest BCUT2D eigenvalue weighted by Gasteiger charge is 2.06. The molecular formula is C24H35N5O. The highest BCUT2D eigenvalue weighted by molar-refractivity contribution is 5.94. The molecule has 30 heavy (non-hydrogen) atoms. The predicted molar refractivity (Wildman–Crippen MR) is 125 cm³/mol. The molecule has 0 aliphatic rings. The number of hydrogen-bond acceptors (Lipinski definition) is 3. The Hall–Kier alpha value is -2.86. The Balaban J connectivity index is 1.99. The quantitative estimate of drug-likeness (QED) is 0.440. The number of carbonyl (C=O) groups is 1. The Kier molecular flexibility index (Phi) is 9.35. The number of nitrogens with one attached hydrogen (secondary N) is 3. The van der Waals surface area contributed by atoms with Crippen molar-refractivity contribution in [3.8, 4) is 0 Å². The largest absolute Gasteiger partial charge is 0.357 e. The van der Waals surface area contributed by atoms with Crippen molar-refractivity contribution in [1.29, 1.82) is 0 Å². The van der Waals surface area contributed by atoms with Crippen LogP contribution >= 0.6 is 0 Å². The third-order valence-electron chi connectivity index (χ3n) is 4.74. The van der Waals surface area contributed by atoms with Gasteiger partial charge in [0.15, 0.2) is 5.96 Å². The number of aliphatic imine (C=N–C) groups is 1. The minimum atomic E-state index is -0.0532. The van der Waals surface area contributed by atoms with E-state index in [-0.39, 0.29) is 5.91 Å². The summed E-state index contributed by atoms with van der Waals surface area (Å²) in [6, 6.07) is 14.1. The van der Waals surface area contributed by atoms with Crippen LogP contribution in [0, 0.1) is 13.8 Å². The predicted octanol–water partition coefficient (Wildman–Crippen LogP) is 2.85. The lowest BCUT2D eigenvalue weighted by atomic mass is 10.1. The molecule has 1 amide bonds. The first-order chi connectivity index (χ1) is 14.4. The van der Waals surface area contributed by atoms with Crippen molar-refractivity contribution in [2.24, 2.45) is 4.99 Å². The van der Waals surface area contributed by atoms with Crippen LogP contribution in [0.3, 0.4) is 0 Å². The molecule has 2 aromatic rings. The summed E-state index contributed by atoms with van der Waals surface area (Å²) in [6.07, 6.45) is 0. The molecule has 0 saturated heterocycles. The van der Waals surface area contributed by atoms with Gasteiger partial charge in [0.05, 0.1) is 6.54 Å². The van der Waals surface area contributed by atoms with Gasteiger partial charge in [0.1, 0.15) is 0 Å². The fraction of sp³-hybridized carbons (Fsp3) is 0.417. The van der Waals surface area contributed by atoms with E-state index in [1.54, 1.807) is 0 Å². The summed E-state index contributed by atoms with van der Waals surface area (Å²) in [7, 11) is 3.97. The smallest absolute Gasteiger partial charge is 0.251 e. The zero-order valence-corrected chi connectivity index (χ0v) is 18.9. The van der Waals surface area contributed by atoms with Gasteiger partial charge in [-0.2, -0.15) is 0 Å². The molecule has 0 bridgehead atoms. The van der Waals surface area contributed by atoms with Gasteiger partial charge in [0, 0.05) is 31.7 Å². The lowest BCUT2D eigenvalue weighted by Crippen LogP contribution is -2.37. The maximum atomic E-state index is 12.3. The number of benzene rings is 2. The van der Waals surface area contributed by atoms with Gasteiger partial charge in [-0.05, 0) is 63.7 Å². The lowest BCUT2D eigenvalue weighted by Gasteiger charge is -2.13. The minimum Gasteiger partial charge on any atom is -0.357 e. The van der Waals surface area contributed by atoms with Crippen LogP contribution in [-0.2, 0) is 13.1 Å². The maximum Gasteiger partial charge on any atom is 0.251 e. The van der Waals surface area contributed by atoms with E-state index in [9.17, 15) is 4.79 Å². The number of nitrogens with zero attached hydrogens (tertiary/aromatic N) is 2. The van der Waals surface area contributed by atoms with Crippen molar-refractivity contribution in [3.05, 3.63) is 70.3 Å².